The van der Waals surface area contributed by atoms with Gasteiger partial charge in [0.2, 0.25) is 0 Å². The minimum atomic E-state index is -1.49. The fourth-order valence-corrected chi connectivity index (χ4v) is 12.6. The molecular weight excluding hydrogens is 1260 g/mol. The van der Waals surface area contributed by atoms with Gasteiger partial charge >= 0.3 is 0 Å². The van der Waals surface area contributed by atoms with Gasteiger partial charge in [0.25, 0.3) is 0 Å². The van der Waals surface area contributed by atoms with E-state index >= 15 is 0 Å². The first-order chi connectivity index (χ1) is 37.0. The lowest BCUT2D eigenvalue weighted by molar-refractivity contribution is -0.214. The van der Waals surface area contributed by atoms with Gasteiger partial charge in [-0.2, -0.15) is 0 Å². The van der Waals surface area contributed by atoms with Crippen molar-refractivity contribution in [3.8, 4) is 58.3 Å². The minimum absolute atomic E-state index is 0. The number of aliphatic hydroxyl groups excluding tert-OH is 12. The van der Waals surface area contributed by atoms with Crippen LogP contribution >= 0.6 is 55.8 Å². The molecule has 5 saturated heterocycles. The Morgan fingerprint density at radius 3 is 1.09 bits per heavy atom. The van der Waals surface area contributed by atoms with Crippen LogP contribution in [0.15, 0.2) is 81.7 Å². The smallest absolute Gasteiger partial charge is 0.147 e. The maximum atomic E-state index is 10.4. The molecule has 5 heterocycles. The molecule has 14 N–H and O–H groups in total. The van der Waals surface area contributed by atoms with Gasteiger partial charge in [0, 0.05) is 30.9 Å². The predicted molar refractivity (Wildman–Crippen MR) is 311 cm³/mol. The number of fused-ring (bicyclic) bond motifs is 10. The van der Waals surface area contributed by atoms with Gasteiger partial charge in [-0.25, -0.2) is 0 Å². The highest BCUT2D eigenvalue weighted by atomic mass is 127. The van der Waals surface area contributed by atoms with Crippen molar-refractivity contribution in [3.05, 3.63) is 115 Å². The summed E-state index contributed by atoms with van der Waals surface area (Å²) in [7, 11) is 0. The first kappa shape index (κ1) is 63.2. The molecule has 11 rings (SSSR count). The van der Waals surface area contributed by atoms with Gasteiger partial charge in [0.15, 0.2) is 0 Å². The molecule has 5 fully saturated rings. The second kappa shape index (κ2) is 26.9. The van der Waals surface area contributed by atoms with Gasteiger partial charge in [-0.05, 0) is 145 Å². The van der Waals surface area contributed by atoms with E-state index in [1.807, 2.05) is 36.4 Å². The Bertz CT molecular complexity index is 2780. The first-order valence-corrected chi connectivity index (χ1v) is 27.3. The monoisotopic (exact) mass is 1330 g/mol. The Labute approximate surface area is 493 Å². The number of piperidine rings is 2. The molecule has 426 valence electrons. The van der Waals surface area contributed by atoms with Crippen molar-refractivity contribution < 1.29 is 75.5 Å². The van der Waals surface area contributed by atoms with Gasteiger partial charge in [0.05, 0.1) is 19.8 Å². The zero-order valence-corrected chi connectivity index (χ0v) is 47.7. The number of nitrogens with one attached hydrogen (secondary N) is 2. The average molecular weight is 1330 g/mol. The van der Waals surface area contributed by atoms with Gasteiger partial charge in [-0.3, -0.25) is 0 Å². The van der Waals surface area contributed by atoms with Crippen molar-refractivity contribution in [2.24, 2.45) is 0 Å². The summed E-state index contributed by atoms with van der Waals surface area (Å²) in [5, 5.41) is 124. The number of halogens is 3. The molecule has 4 aromatic carbocycles. The predicted octanol–water partition coefficient (Wildman–Crippen LogP) is 1.30. The van der Waals surface area contributed by atoms with E-state index in [4.69, 9.17) is 25.7 Å². The number of benzene rings is 4. The molecule has 0 aromatic heterocycles. The highest BCUT2D eigenvalue weighted by Crippen LogP contribution is 2.55. The lowest BCUT2D eigenvalue weighted by Crippen LogP contribution is -2.58. The quantitative estimate of drug-likeness (QED) is 0.102. The zero-order valence-electron chi connectivity index (χ0n) is 42.2. The molecule has 0 amide bonds. The van der Waals surface area contributed by atoms with Crippen molar-refractivity contribution >= 4 is 55.8 Å². The number of aliphatic hydroxyl groups is 12. The lowest BCUT2D eigenvalue weighted by Gasteiger charge is -2.38. The molecule has 7 aliphatic rings. The van der Waals surface area contributed by atoms with E-state index in [2.05, 4.69) is 108 Å². The first-order valence-electron chi connectivity index (χ1n) is 25.7. The maximum Gasteiger partial charge on any atom is 0.147 e. The Hall–Kier alpha value is -3.43. The third kappa shape index (κ3) is 12.3. The van der Waals surface area contributed by atoms with Crippen molar-refractivity contribution in [2.75, 3.05) is 46.0 Å². The summed E-state index contributed by atoms with van der Waals surface area (Å²) >= 11 is 7.30. The molecule has 79 heavy (non-hydrogen) atoms. The number of terminal acetylenes is 1. The number of rotatable bonds is 3. The van der Waals surface area contributed by atoms with Crippen LogP contribution in [0.25, 0.3) is 22.3 Å². The average Bonchev–Trinajstić information content (AvgIpc) is 3.80. The van der Waals surface area contributed by atoms with Gasteiger partial charge in [0.1, 0.15) is 91.6 Å². The molecule has 4 aromatic rings. The summed E-state index contributed by atoms with van der Waals surface area (Å²) in [4.78, 5) is 0. The molecule has 2 spiro atoms. The summed E-state index contributed by atoms with van der Waals surface area (Å²) < 4.78 is 18.4. The standard InChI is InChI=1S/C33H37NO10.C17H15Br2N.C8H12O5.CH4.HI/c35-15-25-29(39)31(41)27(37)23(43-25)7-3-17-1-5-19-20-6-2-18(4-8-24-28(38)32(42)30(40)26(16-36)44-24)14-22(20)33(21(19)13-17)9-11-34-12-10-33;18-11-1-3-13-14-4-2-12(19)10-16(14)17(15(13)9-11)5-7-20-8-6-17;1-2-4-6(10)8(12)7(11)5(3-9)13-4;;/h1-2,5-6,13-14,23-32,34-42H,9-12,15-16H2;1-4,9-10,20H,5-8H2;1,4-12H,3H2;1H4;1H/t23-,24-,25-,26-,27-,28-,29-,30-,31-,32-;;4-,5-,6-,7-,8-;;/m1.1../s1. The van der Waals surface area contributed by atoms with Crippen molar-refractivity contribution in [3.63, 3.8) is 0 Å². The topological polar surface area (TPSA) is 295 Å². The van der Waals surface area contributed by atoms with E-state index in [1.54, 1.807) is 0 Å². The van der Waals surface area contributed by atoms with Crippen LogP contribution in [-0.2, 0) is 25.0 Å². The maximum absolute atomic E-state index is 10.4. The molecule has 15 atom stereocenters. The molecular formula is C59H69Br2IN2O15. The van der Waals surface area contributed by atoms with E-state index in [9.17, 15) is 56.2 Å². The Kier molecular flexibility index (Phi) is 21.5. The molecule has 0 radical (unpaired) electrons. The second-order valence-electron chi connectivity index (χ2n) is 20.5. The van der Waals surface area contributed by atoms with Crippen molar-refractivity contribution in [1.82, 2.24) is 10.6 Å². The third-order valence-electron chi connectivity index (χ3n) is 16.1. The normalized spacial score (nSPS) is 32.1. The second-order valence-corrected chi connectivity index (χ2v) is 22.3. The minimum Gasteiger partial charge on any atom is -0.394 e. The van der Waals surface area contributed by atoms with Gasteiger partial charge in [-0.1, -0.05) is 93.2 Å². The van der Waals surface area contributed by atoms with Crippen LogP contribution < -0.4 is 10.6 Å². The summed E-state index contributed by atoms with van der Waals surface area (Å²) in [6, 6.07) is 25.4. The van der Waals surface area contributed by atoms with Gasteiger partial charge < -0.3 is 86.1 Å². The summed E-state index contributed by atoms with van der Waals surface area (Å²) in [6.07, 6.45) is -9.90. The van der Waals surface area contributed by atoms with Crippen LogP contribution in [-0.4, -0.2) is 199 Å². The molecule has 0 saturated carbocycles. The summed E-state index contributed by atoms with van der Waals surface area (Å²) in [5.41, 5.74) is 11.5. The number of hydrogen-bond acceptors (Lipinski definition) is 17. The molecule has 0 unspecified atom stereocenters. The molecule has 17 nitrogen and oxygen atoms in total. The molecule has 2 aliphatic carbocycles. The van der Waals surface area contributed by atoms with E-state index in [0.717, 1.165) is 61.3 Å². The largest absolute Gasteiger partial charge is 0.394 e. The Morgan fingerprint density at radius 1 is 0.456 bits per heavy atom. The fourth-order valence-electron chi connectivity index (χ4n) is 11.9. The third-order valence-corrected chi connectivity index (χ3v) is 17.1. The van der Waals surface area contributed by atoms with Gasteiger partial charge in [-0.15, -0.1) is 30.4 Å². The molecule has 20 heteroatoms. The summed E-state index contributed by atoms with van der Waals surface area (Å²) in [5.74, 6) is 13.9. The summed E-state index contributed by atoms with van der Waals surface area (Å²) in [6.45, 7) is 2.30. The number of ether oxygens (including phenoxy) is 3. The van der Waals surface area contributed by atoms with Crippen LogP contribution in [0.3, 0.4) is 0 Å². The van der Waals surface area contributed by atoms with E-state index in [0.29, 0.717) is 11.1 Å². The number of hydrogen-bond donors (Lipinski definition) is 14. The van der Waals surface area contributed by atoms with E-state index in [-0.39, 0.29) is 42.2 Å². The zero-order chi connectivity index (χ0) is 54.9. The van der Waals surface area contributed by atoms with E-state index < -0.39 is 111 Å². The van der Waals surface area contributed by atoms with E-state index in [1.165, 1.54) is 44.0 Å². The van der Waals surface area contributed by atoms with Crippen LogP contribution in [0.4, 0.5) is 0 Å². The Balaban J connectivity index is 0.000000211. The van der Waals surface area contributed by atoms with Crippen LogP contribution in [0, 0.1) is 36.0 Å². The Morgan fingerprint density at radius 2 is 0.759 bits per heavy atom. The van der Waals surface area contributed by atoms with Crippen LogP contribution in [0.5, 0.6) is 0 Å². The highest BCUT2D eigenvalue weighted by molar-refractivity contribution is 14.0. The lowest BCUT2D eigenvalue weighted by atomic mass is 9.71. The van der Waals surface area contributed by atoms with Crippen molar-refractivity contribution in [1.29, 1.82) is 0 Å². The van der Waals surface area contributed by atoms with Crippen molar-refractivity contribution in [2.45, 2.75) is 135 Å². The molecule has 5 aliphatic heterocycles. The van der Waals surface area contributed by atoms with Crippen LogP contribution in [0.1, 0.15) is 66.5 Å². The SMILES string of the molecule is Brc1ccc2c(c1)C1(CCNCC1)c1cc(Br)ccc1-2.C.C#C[C@H]1O[C@H](CO)[C@@H](O)[C@H](O)[C@@H]1O.I.OC[C@H]1O[C@H](C#Cc2ccc3c(c2)C2(CCNCC2)c2cc(C#C[C@H]4O[C@H](CO)[C@@H](O)[C@H](O)[C@@H]4O)ccc2-3)[C@@H](O)[C@@H](O)[C@@H]1O. The van der Waals surface area contributed by atoms with Crippen LogP contribution in [0.2, 0.25) is 0 Å². The highest BCUT2D eigenvalue weighted by Gasteiger charge is 2.48. The molecule has 0 bridgehead atoms. The fraction of sp³-hybridized carbons (Fsp3) is 0.492.